The Hall–Kier alpha value is -3.09. The van der Waals surface area contributed by atoms with E-state index >= 15 is 0 Å². The van der Waals surface area contributed by atoms with Crippen LogP contribution in [0.15, 0.2) is 42.6 Å². The van der Waals surface area contributed by atoms with E-state index in [0.717, 1.165) is 23.5 Å². The molecule has 0 aliphatic heterocycles. The molecule has 1 atom stereocenters. The highest BCUT2D eigenvalue weighted by Crippen LogP contribution is 2.28. The second-order valence-electron chi connectivity index (χ2n) is 7.10. The van der Waals surface area contributed by atoms with E-state index in [2.05, 4.69) is 29.4 Å². The maximum absolute atomic E-state index is 12.7. The first-order chi connectivity index (χ1) is 13.5. The smallest absolute Gasteiger partial charge is 0.225 e. The molecular formula is C21H26N4O3. The fraction of sp³-hybridized carbons (Fsp3) is 0.381. The number of hydrogen-bond acceptors (Lipinski definition) is 5. The number of nitrogens with one attached hydrogen (secondary N) is 1. The van der Waals surface area contributed by atoms with Crippen molar-refractivity contribution in [2.45, 2.75) is 32.7 Å². The summed E-state index contributed by atoms with van der Waals surface area (Å²) in [6.45, 7) is 4.24. The molecule has 7 heteroatoms. The third kappa shape index (κ3) is 4.42. The highest BCUT2D eigenvalue weighted by Gasteiger charge is 2.22. The maximum atomic E-state index is 12.7. The normalized spacial score (nSPS) is 12.2. The van der Waals surface area contributed by atoms with Gasteiger partial charge in [0, 0.05) is 6.20 Å². The summed E-state index contributed by atoms with van der Waals surface area (Å²) in [6, 6.07) is 11.0. The Labute approximate surface area is 164 Å². The maximum Gasteiger partial charge on any atom is 0.225 e. The lowest BCUT2D eigenvalue weighted by Crippen LogP contribution is -2.32. The minimum absolute atomic E-state index is 0.0782. The Morgan fingerprint density at radius 1 is 1.11 bits per heavy atom. The molecule has 1 amide bonds. The van der Waals surface area contributed by atoms with E-state index in [4.69, 9.17) is 9.47 Å². The average Bonchev–Trinajstić information content (AvgIpc) is 3.11. The molecule has 0 unspecified atom stereocenters. The van der Waals surface area contributed by atoms with Crippen molar-refractivity contribution in [1.29, 1.82) is 0 Å². The van der Waals surface area contributed by atoms with Crippen molar-refractivity contribution in [3.8, 4) is 11.5 Å². The number of nitrogens with zero attached hydrogens (tertiary/aromatic N) is 3. The molecule has 2 aromatic heterocycles. The van der Waals surface area contributed by atoms with Crippen LogP contribution in [0.1, 0.15) is 37.7 Å². The molecule has 0 aliphatic rings. The molecule has 1 aromatic carbocycles. The van der Waals surface area contributed by atoms with Crippen molar-refractivity contribution in [3.05, 3.63) is 54.0 Å². The van der Waals surface area contributed by atoms with Crippen LogP contribution in [0.2, 0.25) is 0 Å². The van der Waals surface area contributed by atoms with Gasteiger partial charge < -0.3 is 14.8 Å². The fourth-order valence-electron chi connectivity index (χ4n) is 3.22. The van der Waals surface area contributed by atoms with Gasteiger partial charge in [0.05, 0.1) is 26.7 Å². The first kappa shape index (κ1) is 19.7. The number of aromatic nitrogens is 3. The lowest BCUT2D eigenvalue weighted by Gasteiger charge is -2.19. The molecule has 148 valence electrons. The minimum atomic E-state index is -0.218. The van der Waals surface area contributed by atoms with Crippen LogP contribution in [0.3, 0.4) is 0 Å². The summed E-state index contributed by atoms with van der Waals surface area (Å²) in [5.74, 6) is 2.30. The molecule has 3 rings (SSSR count). The third-order valence-corrected chi connectivity index (χ3v) is 4.51. The van der Waals surface area contributed by atoms with Crippen LogP contribution in [-0.2, 0) is 11.2 Å². The first-order valence-electron chi connectivity index (χ1n) is 9.31. The topological polar surface area (TPSA) is 77.8 Å². The zero-order valence-electron chi connectivity index (χ0n) is 16.7. The highest BCUT2D eigenvalue weighted by molar-refractivity contribution is 5.79. The first-order valence-corrected chi connectivity index (χ1v) is 9.31. The molecule has 28 heavy (non-hydrogen) atoms. The van der Waals surface area contributed by atoms with Crippen molar-refractivity contribution >= 4 is 11.6 Å². The molecule has 7 nitrogen and oxygen atoms in total. The summed E-state index contributed by atoms with van der Waals surface area (Å²) in [5.41, 5.74) is 1.62. The van der Waals surface area contributed by atoms with E-state index in [0.29, 0.717) is 17.4 Å². The van der Waals surface area contributed by atoms with Gasteiger partial charge in [-0.1, -0.05) is 26.0 Å². The van der Waals surface area contributed by atoms with E-state index in [9.17, 15) is 4.79 Å². The number of ether oxygens (including phenoxy) is 2. The van der Waals surface area contributed by atoms with Gasteiger partial charge >= 0.3 is 0 Å². The molecule has 0 fully saturated rings. The summed E-state index contributed by atoms with van der Waals surface area (Å²) in [4.78, 5) is 12.7. The van der Waals surface area contributed by atoms with Gasteiger partial charge in [-0.2, -0.15) is 0 Å². The molecule has 0 saturated heterocycles. The van der Waals surface area contributed by atoms with Crippen LogP contribution in [0.5, 0.6) is 11.5 Å². The Bertz CT molecular complexity index is 952. The Morgan fingerprint density at radius 3 is 2.61 bits per heavy atom. The number of benzene rings is 1. The zero-order valence-corrected chi connectivity index (χ0v) is 16.7. The molecule has 2 heterocycles. The molecule has 0 spiro atoms. The highest BCUT2D eigenvalue weighted by atomic mass is 16.5. The van der Waals surface area contributed by atoms with Crippen LogP contribution >= 0.6 is 0 Å². The van der Waals surface area contributed by atoms with Gasteiger partial charge in [-0.3, -0.25) is 9.20 Å². The standard InChI is InChI=1S/C21H26N4O3/c1-14(2)11-16(21-24-23-19-7-5-6-10-25(19)21)22-20(26)13-15-8-9-17(27-3)18(12-15)28-4/h5-10,12,14,16H,11,13H2,1-4H3,(H,22,26)/t16-/m1/s1. The van der Waals surface area contributed by atoms with Crippen molar-refractivity contribution < 1.29 is 14.3 Å². The summed E-state index contributed by atoms with van der Waals surface area (Å²) in [6.07, 6.45) is 2.93. The summed E-state index contributed by atoms with van der Waals surface area (Å²) in [5, 5.41) is 11.7. The summed E-state index contributed by atoms with van der Waals surface area (Å²) < 4.78 is 12.5. The lowest BCUT2D eigenvalue weighted by molar-refractivity contribution is -0.121. The molecule has 3 aromatic rings. The predicted octanol–water partition coefficient (Wildman–Crippen LogP) is 3.19. The molecule has 0 saturated carbocycles. The van der Waals surface area contributed by atoms with Crippen LogP contribution < -0.4 is 14.8 Å². The van der Waals surface area contributed by atoms with Crippen LogP contribution in [0, 0.1) is 5.92 Å². The van der Waals surface area contributed by atoms with Crippen molar-refractivity contribution in [3.63, 3.8) is 0 Å². The zero-order chi connectivity index (χ0) is 20.1. The number of hydrogen-bond donors (Lipinski definition) is 1. The number of carbonyl (C=O) groups excluding carboxylic acids is 1. The van der Waals surface area contributed by atoms with Crippen molar-refractivity contribution in [2.24, 2.45) is 5.92 Å². The number of methoxy groups -OCH3 is 2. The number of rotatable bonds is 8. The summed E-state index contributed by atoms with van der Waals surface area (Å²) in [7, 11) is 3.17. The van der Waals surface area contributed by atoms with E-state index in [1.54, 1.807) is 20.3 Å². The minimum Gasteiger partial charge on any atom is -0.493 e. The SMILES string of the molecule is COc1ccc(CC(=O)N[C@H](CC(C)C)c2nnc3ccccn23)cc1OC. The monoisotopic (exact) mass is 382 g/mol. The van der Waals surface area contributed by atoms with Crippen molar-refractivity contribution in [1.82, 2.24) is 19.9 Å². The van der Waals surface area contributed by atoms with Gasteiger partial charge in [0.2, 0.25) is 5.91 Å². The van der Waals surface area contributed by atoms with E-state index in [1.807, 2.05) is 40.9 Å². The van der Waals surface area contributed by atoms with Crippen molar-refractivity contribution in [2.75, 3.05) is 14.2 Å². The van der Waals surface area contributed by atoms with Crippen LogP contribution in [-0.4, -0.2) is 34.7 Å². The van der Waals surface area contributed by atoms with Crippen LogP contribution in [0.4, 0.5) is 0 Å². The van der Waals surface area contributed by atoms with Gasteiger partial charge in [0.1, 0.15) is 0 Å². The van der Waals surface area contributed by atoms with E-state index in [-0.39, 0.29) is 18.4 Å². The Kier molecular flexibility index (Phi) is 6.13. The predicted molar refractivity (Wildman–Crippen MR) is 107 cm³/mol. The third-order valence-electron chi connectivity index (χ3n) is 4.51. The molecular weight excluding hydrogens is 356 g/mol. The number of carbonyl (C=O) groups is 1. The second kappa shape index (κ2) is 8.73. The number of fused-ring (bicyclic) bond motifs is 1. The Balaban J connectivity index is 1.78. The largest absolute Gasteiger partial charge is 0.493 e. The number of amides is 1. The molecule has 1 N–H and O–H groups in total. The van der Waals surface area contributed by atoms with E-state index in [1.165, 1.54) is 0 Å². The van der Waals surface area contributed by atoms with Gasteiger partial charge in [0.25, 0.3) is 0 Å². The van der Waals surface area contributed by atoms with Gasteiger partial charge in [0.15, 0.2) is 23.0 Å². The Morgan fingerprint density at radius 2 is 1.89 bits per heavy atom. The van der Waals surface area contributed by atoms with Gasteiger partial charge in [-0.25, -0.2) is 0 Å². The van der Waals surface area contributed by atoms with Crippen LogP contribution in [0.25, 0.3) is 5.65 Å². The molecule has 0 bridgehead atoms. The number of pyridine rings is 1. The quantitative estimate of drug-likeness (QED) is 0.647. The molecule has 0 radical (unpaired) electrons. The van der Waals surface area contributed by atoms with Gasteiger partial charge in [-0.05, 0) is 42.2 Å². The fourth-order valence-corrected chi connectivity index (χ4v) is 3.22. The lowest BCUT2D eigenvalue weighted by atomic mass is 10.0. The summed E-state index contributed by atoms with van der Waals surface area (Å²) >= 11 is 0. The average molecular weight is 382 g/mol. The molecule has 0 aliphatic carbocycles. The van der Waals surface area contributed by atoms with E-state index < -0.39 is 0 Å². The van der Waals surface area contributed by atoms with Gasteiger partial charge in [-0.15, -0.1) is 10.2 Å². The second-order valence-corrected chi connectivity index (χ2v) is 7.10.